The Morgan fingerprint density at radius 1 is 1.33 bits per heavy atom. The summed E-state index contributed by atoms with van der Waals surface area (Å²) in [6.45, 7) is 0.00583. The second kappa shape index (κ2) is 5.36. The molecule has 0 atom stereocenters. The third-order valence-corrected chi connectivity index (χ3v) is 3.83. The maximum atomic E-state index is 11.9. The Bertz CT molecular complexity index is 513. The lowest BCUT2D eigenvalue weighted by Gasteiger charge is -2.24. The lowest BCUT2D eigenvalue weighted by atomic mass is 10.2. The van der Waals surface area contributed by atoms with Crippen LogP contribution in [-0.4, -0.2) is 42.1 Å². The van der Waals surface area contributed by atoms with E-state index in [1.54, 1.807) is 0 Å². The summed E-state index contributed by atoms with van der Waals surface area (Å²) in [7, 11) is 0. The molecule has 0 unspecified atom stereocenters. The summed E-state index contributed by atoms with van der Waals surface area (Å²) >= 11 is 12.7. The van der Waals surface area contributed by atoms with Crippen LogP contribution in [-0.2, 0) is 9.59 Å². The molecule has 1 saturated heterocycles. The molecule has 1 aromatic heterocycles. The molecule has 0 spiro atoms. The highest BCUT2D eigenvalue weighted by Gasteiger charge is 2.25. The Kier molecular flexibility index (Phi) is 4.01. The van der Waals surface area contributed by atoms with Gasteiger partial charge in [0.1, 0.15) is 4.34 Å². The number of piperazine rings is 1. The van der Waals surface area contributed by atoms with Gasteiger partial charge >= 0.3 is 0 Å². The average Bonchev–Trinajstić information content (AvgIpc) is 2.56. The topological polar surface area (TPSA) is 66.5 Å². The molecule has 18 heavy (non-hydrogen) atoms. The van der Waals surface area contributed by atoms with Gasteiger partial charge in [0.25, 0.3) is 0 Å². The van der Waals surface area contributed by atoms with Crippen LogP contribution in [0.5, 0.6) is 0 Å². The van der Waals surface area contributed by atoms with Gasteiger partial charge in [0.2, 0.25) is 11.8 Å². The van der Waals surface area contributed by atoms with Crippen molar-refractivity contribution < 1.29 is 14.4 Å². The molecular weight excluding hydrogens is 299 g/mol. The predicted molar refractivity (Wildman–Crippen MR) is 68.3 cm³/mol. The Labute approximate surface area is 117 Å². The molecular formula is C10H8Cl2N2O3S. The first-order valence-corrected chi connectivity index (χ1v) is 6.56. The molecule has 8 heteroatoms. The van der Waals surface area contributed by atoms with E-state index in [-0.39, 0.29) is 25.4 Å². The predicted octanol–water partition coefficient (Wildman–Crippen LogP) is 1.20. The van der Waals surface area contributed by atoms with Gasteiger partial charge in [-0.1, -0.05) is 23.2 Å². The van der Waals surface area contributed by atoms with Gasteiger partial charge in [-0.15, -0.1) is 11.3 Å². The first-order valence-electron chi connectivity index (χ1n) is 4.99. The highest BCUT2D eigenvalue weighted by molar-refractivity contribution is 7.20. The molecule has 1 aliphatic rings. The summed E-state index contributed by atoms with van der Waals surface area (Å²) in [6, 6.07) is 1.49. The molecule has 0 bridgehead atoms. The number of thiophene rings is 1. The van der Waals surface area contributed by atoms with Gasteiger partial charge in [0.15, 0.2) is 5.78 Å². The first kappa shape index (κ1) is 13.5. The second-order valence-electron chi connectivity index (χ2n) is 3.78. The van der Waals surface area contributed by atoms with Crippen LogP contribution in [0.2, 0.25) is 8.67 Å². The zero-order valence-electron chi connectivity index (χ0n) is 9.03. The Morgan fingerprint density at radius 2 is 1.94 bits per heavy atom. The molecule has 0 aromatic carbocycles. The number of rotatable bonds is 3. The lowest BCUT2D eigenvalue weighted by molar-refractivity contribution is -0.135. The highest BCUT2D eigenvalue weighted by atomic mass is 35.5. The van der Waals surface area contributed by atoms with Crippen molar-refractivity contribution in [1.82, 2.24) is 10.2 Å². The number of carbonyl (C=O) groups is 3. The van der Waals surface area contributed by atoms with Crippen molar-refractivity contribution in [1.29, 1.82) is 0 Å². The van der Waals surface area contributed by atoms with E-state index in [9.17, 15) is 14.4 Å². The van der Waals surface area contributed by atoms with Gasteiger partial charge in [-0.05, 0) is 6.07 Å². The molecule has 0 radical (unpaired) electrons. The summed E-state index contributed by atoms with van der Waals surface area (Å²) in [5.41, 5.74) is 0.324. The molecule has 2 heterocycles. The van der Waals surface area contributed by atoms with Gasteiger partial charge in [-0.25, -0.2) is 0 Å². The number of amides is 2. The minimum atomic E-state index is -0.409. The van der Waals surface area contributed by atoms with E-state index in [4.69, 9.17) is 23.2 Å². The van der Waals surface area contributed by atoms with Crippen molar-refractivity contribution in [3.8, 4) is 0 Å². The van der Waals surface area contributed by atoms with E-state index in [0.717, 1.165) is 11.3 Å². The number of ketones is 1. The monoisotopic (exact) mass is 306 g/mol. The molecule has 0 aliphatic carbocycles. The van der Waals surface area contributed by atoms with Crippen LogP contribution in [0.1, 0.15) is 10.4 Å². The summed E-state index contributed by atoms with van der Waals surface area (Å²) < 4.78 is 0.744. The SMILES string of the molecule is O=C1CN(CC(=O)c2cc(Cl)sc2Cl)CC(=O)N1. The van der Waals surface area contributed by atoms with Gasteiger partial charge in [0, 0.05) is 0 Å². The first-order chi connectivity index (χ1) is 8.45. The number of hydrogen-bond acceptors (Lipinski definition) is 5. The molecule has 1 N–H and O–H groups in total. The molecule has 2 amide bonds. The fourth-order valence-electron chi connectivity index (χ4n) is 1.63. The average molecular weight is 307 g/mol. The van der Waals surface area contributed by atoms with Gasteiger partial charge in [-0.3, -0.25) is 24.6 Å². The van der Waals surface area contributed by atoms with Crippen molar-refractivity contribution in [2.75, 3.05) is 19.6 Å². The largest absolute Gasteiger partial charge is 0.294 e. The Morgan fingerprint density at radius 3 is 2.44 bits per heavy atom. The zero-order chi connectivity index (χ0) is 13.3. The lowest BCUT2D eigenvalue weighted by Crippen LogP contribution is -2.52. The third-order valence-electron chi connectivity index (χ3n) is 2.34. The van der Waals surface area contributed by atoms with Crippen LogP contribution >= 0.6 is 34.5 Å². The number of carbonyl (C=O) groups excluding carboxylic acids is 3. The molecule has 1 aromatic rings. The Hall–Kier alpha value is -0.950. The van der Waals surface area contributed by atoms with Crippen LogP contribution in [0.3, 0.4) is 0 Å². The van der Waals surface area contributed by atoms with Gasteiger partial charge in [-0.2, -0.15) is 0 Å². The molecule has 0 saturated carbocycles. The van der Waals surface area contributed by atoms with Crippen LogP contribution < -0.4 is 5.32 Å². The summed E-state index contributed by atoms with van der Waals surface area (Å²) in [5, 5.41) is 2.16. The highest BCUT2D eigenvalue weighted by Crippen LogP contribution is 2.31. The van der Waals surface area contributed by atoms with E-state index in [0.29, 0.717) is 14.2 Å². The smallest absolute Gasteiger partial charge is 0.240 e. The van der Waals surface area contributed by atoms with Crippen molar-refractivity contribution in [2.45, 2.75) is 0 Å². The van der Waals surface area contributed by atoms with Crippen molar-refractivity contribution in [2.24, 2.45) is 0 Å². The fraction of sp³-hybridized carbons (Fsp3) is 0.300. The van der Waals surface area contributed by atoms with E-state index in [1.165, 1.54) is 11.0 Å². The summed E-state index contributed by atoms with van der Waals surface area (Å²) in [4.78, 5) is 35.7. The second-order valence-corrected chi connectivity index (χ2v) is 6.06. The molecule has 2 rings (SSSR count). The summed E-state index contributed by atoms with van der Waals surface area (Å²) in [5.74, 6) is -1.08. The van der Waals surface area contributed by atoms with Crippen molar-refractivity contribution in [3.05, 3.63) is 20.3 Å². The minimum Gasteiger partial charge on any atom is -0.294 e. The normalized spacial score (nSPS) is 16.8. The van der Waals surface area contributed by atoms with Gasteiger partial charge in [0.05, 0.1) is 29.5 Å². The number of imide groups is 1. The van der Waals surface area contributed by atoms with Crippen LogP contribution in [0, 0.1) is 0 Å². The maximum Gasteiger partial charge on any atom is 0.240 e. The molecule has 1 aliphatic heterocycles. The standard InChI is InChI=1S/C10H8Cl2N2O3S/c11-7-1-5(10(12)18-7)6(15)2-14-3-8(16)13-9(17)4-14/h1H,2-4H2,(H,13,16,17). The van der Waals surface area contributed by atoms with Crippen LogP contribution in [0.15, 0.2) is 6.07 Å². The molecule has 96 valence electrons. The number of nitrogens with one attached hydrogen (secondary N) is 1. The van der Waals surface area contributed by atoms with E-state index >= 15 is 0 Å². The van der Waals surface area contributed by atoms with Crippen molar-refractivity contribution in [3.63, 3.8) is 0 Å². The van der Waals surface area contributed by atoms with Crippen LogP contribution in [0.4, 0.5) is 0 Å². The Balaban J connectivity index is 2.05. The molecule has 5 nitrogen and oxygen atoms in total. The maximum absolute atomic E-state index is 11.9. The number of halogens is 2. The minimum absolute atomic E-state index is 0.0208. The van der Waals surface area contributed by atoms with E-state index < -0.39 is 11.8 Å². The number of hydrogen-bond donors (Lipinski definition) is 1. The third kappa shape index (κ3) is 3.08. The number of Topliss-reactive ketones (excluding diaryl/α,β-unsaturated/α-hetero) is 1. The van der Waals surface area contributed by atoms with Crippen LogP contribution in [0.25, 0.3) is 0 Å². The van der Waals surface area contributed by atoms with Gasteiger partial charge < -0.3 is 0 Å². The zero-order valence-corrected chi connectivity index (χ0v) is 11.4. The van der Waals surface area contributed by atoms with Crippen molar-refractivity contribution >= 4 is 52.1 Å². The summed E-state index contributed by atoms with van der Waals surface area (Å²) in [6.07, 6.45) is 0. The fourth-order valence-corrected chi connectivity index (χ4v) is 3.13. The molecule has 1 fully saturated rings. The van der Waals surface area contributed by atoms with E-state index in [2.05, 4.69) is 5.32 Å². The quantitative estimate of drug-likeness (QED) is 0.673. The number of nitrogens with zero attached hydrogens (tertiary/aromatic N) is 1. The van der Waals surface area contributed by atoms with E-state index in [1.807, 2.05) is 0 Å².